The zero-order valence-electron chi connectivity index (χ0n) is 19.4. The number of thiophene rings is 1. The van der Waals surface area contributed by atoms with Crippen molar-refractivity contribution in [2.45, 2.75) is 32.9 Å². The molecule has 1 N–H and O–H groups in total. The third kappa shape index (κ3) is 4.46. The van der Waals surface area contributed by atoms with Crippen LogP contribution in [0.2, 0.25) is 0 Å². The highest BCUT2D eigenvalue weighted by Gasteiger charge is 2.40. The van der Waals surface area contributed by atoms with Crippen LogP contribution in [0.3, 0.4) is 0 Å². The maximum absolute atomic E-state index is 13.7. The van der Waals surface area contributed by atoms with E-state index in [2.05, 4.69) is 5.10 Å². The normalized spacial score (nSPS) is 17.1. The standard InChI is InChI=1S/C27H21F3N2O3S/c1-14-11-20(22(12-15(14)2)27(28,29)30)23-10-9-19(36-23)13-21-24(16-3-4-16)31-32(25(21)33)18-7-5-17(6-8-18)26(34)35/h5-13,16H,3-4H2,1-2H3,(H,34,35)/b21-13-. The summed E-state index contributed by atoms with van der Waals surface area (Å²) in [7, 11) is 0. The summed E-state index contributed by atoms with van der Waals surface area (Å²) in [4.78, 5) is 25.6. The molecule has 5 rings (SSSR count). The number of benzene rings is 2. The van der Waals surface area contributed by atoms with Crippen molar-refractivity contribution in [1.82, 2.24) is 0 Å². The highest BCUT2D eigenvalue weighted by atomic mass is 32.1. The number of hydrogen-bond donors (Lipinski definition) is 1. The lowest BCUT2D eigenvalue weighted by molar-refractivity contribution is -0.137. The first-order valence-corrected chi connectivity index (χ1v) is 12.1. The Morgan fingerprint density at radius 1 is 1.08 bits per heavy atom. The van der Waals surface area contributed by atoms with Gasteiger partial charge in [0.1, 0.15) is 0 Å². The number of rotatable bonds is 5. The lowest BCUT2D eigenvalue weighted by atomic mass is 9.98. The number of hydrazone groups is 1. The molecule has 3 aromatic rings. The van der Waals surface area contributed by atoms with E-state index in [4.69, 9.17) is 5.11 Å². The number of halogens is 3. The van der Waals surface area contributed by atoms with Crippen LogP contribution in [-0.4, -0.2) is 22.7 Å². The molecule has 36 heavy (non-hydrogen) atoms. The highest BCUT2D eigenvalue weighted by Crippen LogP contribution is 2.42. The average Bonchev–Trinajstić information content (AvgIpc) is 3.48. The van der Waals surface area contributed by atoms with Crippen LogP contribution in [0.15, 0.2) is 59.2 Å². The Balaban J connectivity index is 1.50. The van der Waals surface area contributed by atoms with Gasteiger partial charge in [-0.25, -0.2) is 4.79 Å². The first kappa shape index (κ1) is 24.0. The van der Waals surface area contributed by atoms with Crippen LogP contribution >= 0.6 is 11.3 Å². The molecule has 9 heteroatoms. The number of hydrogen-bond acceptors (Lipinski definition) is 4. The zero-order valence-corrected chi connectivity index (χ0v) is 20.2. The van der Waals surface area contributed by atoms with Gasteiger partial charge in [0.25, 0.3) is 5.91 Å². The molecule has 1 saturated carbocycles. The summed E-state index contributed by atoms with van der Waals surface area (Å²) in [5, 5.41) is 14.9. The predicted molar refractivity (Wildman–Crippen MR) is 133 cm³/mol. The van der Waals surface area contributed by atoms with Crippen LogP contribution in [-0.2, 0) is 11.0 Å². The number of alkyl halides is 3. The monoisotopic (exact) mass is 510 g/mol. The van der Waals surface area contributed by atoms with Gasteiger partial charge >= 0.3 is 12.1 Å². The van der Waals surface area contributed by atoms with E-state index in [0.29, 0.717) is 32.3 Å². The van der Waals surface area contributed by atoms with Gasteiger partial charge in [0, 0.05) is 21.2 Å². The van der Waals surface area contributed by atoms with Gasteiger partial charge in [-0.05, 0) is 92.4 Å². The number of amides is 1. The average molecular weight is 511 g/mol. The van der Waals surface area contributed by atoms with E-state index in [1.807, 2.05) is 0 Å². The summed E-state index contributed by atoms with van der Waals surface area (Å²) in [5.41, 5.74) is 2.39. The van der Waals surface area contributed by atoms with Crippen molar-refractivity contribution in [2.75, 3.05) is 5.01 Å². The lowest BCUT2D eigenvalue weighted by Gasteiger charge is -2.14. The van der Waals surface area contributed by atoms with Gasteiger partial charge in [0.2, 0.25) is 0 Å². The van der Waals surface area contributed by atoms with Crippen LogP contribution in [0.25, 0.3) is 16.5 Å². The Morgan fingerprint density at radius 2 is 1.75 bits per heavy atom. The highest BCUT2D eigenvalue weighted by molar-refractivity contribution is 7.16. The van der Waals surface area contributed by atoms with E-state index >= 15 is 0 Å². The van der Waals surface area contributed by atoms with E-state index in [9.17, 15) is 22.8 Å². The molecule has 0 saturated heterocycles. The third-order valence-electron chi connectivity index (χ3n) is 6.35. The van der Waals surface area contributed by atoms with E-state index in [0.717, 1.165) is 18.4 Å². The van der Waals surface area contributed by atoms with Crippen LogP contribution in [0.1, 0.15) is 44.8 Å². The summed E-state index contributed by atoms with van der Waals surface area (Å²) in [6.45, 7) is 3.44. The van der Waals surface area contributed by atoms with Crippen molar-refractivity contribution in [3.63, 3.8) is 0 Å². The summed E-state index contributed by atoms with van der Waals surface area (Å²) in [6, 6.07) is 12.0. The minimum Gasteiger partial charge on any atom is -0.478 e. The molecule has 2 heterocycles. The smallest absolute Gasteiger partial charge is 0.417 e. The van der Waals surface area contributed by atoms with Gasteiger partial charge in [-0.1, -0.05) is 0 Å². The first-order chi connectivity index (χ1) is 17.0. The molecule has 0 bridgehead atoms. The lowest BCUT2D eigenvalue weighted by Crippen LogP contribution is -2.21. The fourth-order valence-electron chi connectivity index (χ4n) is 4.12. The summed E-state index contributed by atoms with van der Waals surface area (Å²) < 4.78 is 41.2. The number of carboxylic acid groups (broad SMARTS) is 1. The fraction of sp³-hybridized carbons (Fsp3) is 0.222. The molecule has 1 aliphatic heterocycles. The molecule has 2 aromatic carbocycles. The SMILES string of the molecule is Cc1cc(-c2ccc(/C=C3\C(=O)N(c4ccc(C(=O)O)cc4)N=C3C3CC3)s2)c(C(F)(F)F)cc1C. The number of carbonyl (C=O) groups is 2. The second kappa shape index (κ2) is 8.74. The van der Waals surface area contributed by atoms with Crippen molar-refractivity contribution in [3.05, 3.63) is 81.2 Å². The Labute approximate surface area is 209 Å². The topological polar surface area (TPSA) is 70.0 Å². The van der Waals surface area contributed by atoms with Crippen LogP contribution in [0.5, 0.6) is 0 Å². The maximum atomic E-state index is 13.7. The van der Waals surface area contributed by atoms with Crippen LogP contribution in [0, 0.1) is 19.8 Å². The molecular weight excluding hydrogens is 489 g/mol. The van der Waals surface area contributed by atoms with Gasteiger partial charge in [0.05, 0.1) is 28.1 Å². The molecule has 1 amide bonds. The van der Waals surface area contributed by atoms with Gasteiger partial charge in [-0.2, -0.15) is 23.3 Å². The quantitative estimate of drug-likeness (QED) is 0.378. The molecule has 0 spiro atoms. The minimum atomic E-state index is -4.49. The van der Waals surface area contributed by atoms with Crippen molar-refractivity contribution in [1.29, 1.82) is 0 Å². The van der Waals surface area contributed by atoms with E-state index < -0.39 is 17.7 Å². The first-order valence-electron chi connectivity index (χ1n) is 11.3. The molecule has 0 atom stereocenters. The molecule has 2 aliphatic rings. The van der Waals surface area contributed by atoms with Gasteiger partial charge in [-0.3, -0.25) is 4.79 Å². The van der Waals surface area contributed by atoms with Crippen molar-refractivity contribution >= 4 is 40.7 Å². The van der Waals surface area contributed by atoms with Gasteiger partial charge in [-0.15, -0.1) is 11.3 Å². The molecular formula is C27H21F3N2O3S. The Kier molecular flexibility index (Phi) is 5.83. The van der Waals surface area contributed by atoms with E-state index in [1.54, 1.807) is 38.1 Å². The van der Waals surface area contributed by atoms with Gasteiger partial charge < -0.3 is 5.11 Å². The summed E-state index contributed by atoms with van der Waals surface area (Å²) in [5.74, 6) is -1.26. The third-order valence-corrected chi connectivity index (χ3v) is 7.41. The zero-order chi connectivity index (χ0) is 25.8. The van der Waals surface area contributed by atoms with Crippen LogP contribution < -0.4 is 5.01 Å². The van der Waals surface area contributed by atoms with Gasteiger partial charge in [0.15, 0.2) is 0 Å². The Bertz CT molecular complexity index is 1450. The number of aromatic carboxylic acids is 1. The number of carbonyl (C=O) groups excluding carboxylic acids is 1. The molecule has 5 nitrogen and oxygen atoms in total. The molecule has 0 unspecified atom stereocenters. The number of carboxylic acids is 1. The van der Waals surface area contributed by atoms with E-state index in [-0.39, 0.29) is 23.0 Å². The maximum Gasteiger partial charge on any atom is 0.417 e. The summed E-state index contributed by atoms with van der Waals surface area (Å²) >= 11 is 1.19. The van der Waals surface area contributed by atoms with E-state index in [1.165, 1.54) is 46.7 Å². The molecule has 0 radical (unpaired) electrons. The minimum absolute atomic E-state index is 0.100. The predicted octanol–water partition coefficient (Wildman–Crippen LogP) is 6.95. The van der Waals surface area contributed by atoms with Crippen LogP contribution in [0.4, 0.5) is 18.9 Å². The Hall–Kier alpha value is -3.72. The summed E-state index contributed by atoms with van der Waals surface area (Å²) in [6.07, 6.45) is -0.987. The van der Waals surface area contributed by atoms with Crippen molar-refractivity contribution < 1.29 is 27.9 Å². The molecule has 1 aliphatic carbocycles. The largest absolute Gasteiger partial charge is 0.478 e. The number of anilines is 1. The molecule has 184 valence electrons. The second-order valence-corrected chi connectivity index (χ2v) is 10.1. The fourth-order valence-corrected chi connectivity index (χ4v) is 5.10. The van der Waals surface area contributed by atoms with Crippen molar-refractivity contribution in [2.24, 2.45) is 11.0 Å². The number of nitrogens with zero attached hydrogens (tertiary/aromatic N) is 2. The Morgan fingerprint density at radius 3 is 2.36 bits per heavy atom. The second-order valence-electron chi connectivity index (χ2n) is 8.97. The molecule has 1 aromatic heterocycles. The van der Waals surface area contributed by atoms with Crippen molar-refractivity contribution in [3.8, 4) is 10.4 Å². The number of aryl methyl sites for hydroxylation is 2. The molecule has 1 fully saturated rings.